The summed E-state index contributed by atoms with van der Waals surface area (Å²) in [6.45, 7) is -0.849. The van der Waals surface area contributed by atoms with Gasteiger partial charge in [-0.3, -0.25) is 0 Å². The molecule has 0 bridgehead atoms. The van der Waals surface area contributed by atoms with E-state index in [4.69, 9.17) is 0 Å². The molecule has 0 spiro atoms. The first-order valence-electron chi connectivity index (χ1n) is 7.30. The Balaban J connectivity index is 0. The number of hydrogen-bond donors (Lipinski definition) is 0. The van der Waals surface area contributed by atoms with Crippen LogP contribution in [0.25, 0.3) is 0 Å². The van der Waals surface area contributed by atoms with Crippen molar-refractivity contribution in [3.63, 3.8) is 0 Å². The molecule has 0 aliphatic carbocycles. The topological polar surface area (TPSA) is 18.5 Å². The van der Waals surface area contributed by atoms with Crippen LogP contribution in [0.15, 0.2) is 0 Å². The molecule has 0 aliphatic rings. The van der Waals surface area contributed by atoms with Crippen molar-refractivity contribution in [2.75, 3.05) is 13.2 Å². The van der Waals surface area contributed by atoms with E-state index in [-0.39, 0.29) is 0 Å². The minimum atomic E-state index is -6.89. The van der Waals surface area contributed by atoms with Crippen LogP contribution in [0.3, 0.4) is 0 Å². The summed E-state index contributed by atoms with van der Waals surface area (Å²) in [5.41, 5.74) is 0. The standard InChI is InChI=1S/2C6H5F9O/c2*1-2-16-6(14,15)4(9,10)3(7,8)5(11,12)13/h2*2H2,1H3. The van der Waals surface area contributed by atoms with Crippen LogP contribution in [0.5, 0.6) is 0 Å². The molecule has 0 aliphatic heterocycles. The lowest BCUT2D eigenvalue weighted by Crippen LogP contribution is -2.61. The predicted molar refractivity (Wildman–Crippen MR) is 65.0 cm³/mol. The number of halogens is 18. The number of hydrogen-bond acceptors (Lipinski definition) is 2. The lowest BCUT2D eigenvalue weighted by atomic mass is 10.1. The summed E-state index contributed by atoms with van der Waals surface area (Å²) in [6, 6.07) is 0. The molecule has 0 unspecified atom stereocenters. The molecule has 20 heteroatoms. The molecule has 0 radical (unpaired) electrons. The highest BCUT2D eigenvalue weighted by Gasteiger charge is 2.83. The monoisotopic (exact) mass is 528 g/mol. The van der Waals surface area contributed by atoms with Crippen molar-refractivity contribution in [1.29, 1.82) is 0 Å². The van der Waals surface area contributed by atoms with E-state index < -0.39 is 61.5 Å². The average molecular weight is 528 g/mol. The SMILES string of the molecule is CCOC(F)(F)C(F)(F)C(F)(F)C(F)(F)F.CCOC(F)(F)C(F)(F)C(F)(F)C(F)(F)F. The lowest BCUT2D eigenvalue weighted by molar-refractivity contribution is -0.443. The molecule has 0 heterocycles. The van der Waals surface area contributed by atoms with Crippen molar-refractivity contribution in [3.8, 4) is 0 Å². The number of ether oxygens (including phenoxy) is 2. The predicted octanol–water partition coefficient (Wildman–Crippen LogP) is 6.90. The quantitative estimate of drug-likeness (QED) is 0.320. The zero-order valence-corrected chi connectivity index (χ0v) is 15.0. The van der Waals surface area contributed by atoms with Gasteiger partial charge in [0.05, 0.1) is 13.2 Å². The summed E-state index contributed by atoms with van der Waals surface area (Å²) in [5.74, 6) is -27.2. The molecule has 196 valence electrons. The Morgan fingerprint density at radius 1 is 0.375 bits per heavy atom. The highest BCUT2D eigenvalue weighted by atomic mass is 19.4. The van der Waals surface area contributed by atoms with Crippen LogP contribution >= 0.6 is 0 Å². The van der Waals surface area contributed by atoms with E-state index in [2.05, 4.69) is 9.47 Å². The average Bonchev–Trinajstić information content (AvgIpc) is 2.52. The summed E-state index contributed by atoms with van der Waals surface area (Å²) in [4.78, 5) is 0. The second-order valence-corrected chi connectivity index (χ2v) is 5.19. The van der Waals surface area contributed by atoms with Gasteiger partial charge in [0.25, 0.3) is 0 Å². The summed E-state index contributed by atoms with van der Waals surface area (Å²) < 4.78 is 221. The van der Waals surface area contributed by atoms with Gasteiger partial charge in [0, 0.05) is 0 Å². The minimum Gasteiger partial charge on any atom is -0.316 e. The Bertz CT molecular complexity index is 538. The second kappa shape index (κ2) is 9.49. The van der Waals surface area contributed by atoms with E-state index in [1.165, 1.54) is 0 Å². The number of rotatable bonds is 8. The molecule has 0 saturated heterocycles. The van der Waals surface area contributed by atoms with E-state index in [1.54, 1.807) is 0 Å². The van der Waals surface area contributed by atoms with Crippen LogP contribution < -0.4 is 0 Å². The molecule has 0 fully saturated rings. The van der Waals surface area contributed by atoms with E-state index in [1.807, 2.05) is 0 Å². The van der Waals surface area contributed by atoms with Crippen molar-refractivity contribution >= 4 is 0 Å². The summed E-state index contributed by atoms with van der Waals surface area (Å²) in [6.07, 6.45) is -25.4. The normalized spacial score (nSPS) is 15.4. The van der Waals surface area contributed by atoms with E-state index in [0.717, 1.165) is 13.8 Å². The summed E-state index contributed by atoms with van der Waals surface area (Å²) >= 11 is 0. The third-order valence-electron chi connectivity index (χ3n) is 2.88. The van der Waals surface area contributed by atoms with Crippen molar-refractivity contribution in [2.24, 2.45) is 0 Å². The second-order valence-electron chi connectivity index (χ2n) is 5.19. The fourth-order valence-corrected chi connectivity index (χ4v) is 1.27. The Labute approximate surface area is 165 Å². The van der Waals surface area contributed by atoms with Crippen LogP contribution in [0.4, 0.5) is 79.0 Å². The van der Waals surface area contributed by atoms with Crippen molar-refractivity contribution in [1.82, 2.24) is 0 Å². The van der Waals surface area contributed by atoms with Crippen LogP contribution in [-0.4, -0.2) is 61.5 Å². The first-order chi connectivity index (χ1) is 13.6. The molecule has 0 N–H and O–H groups in total. The van der Waals surface area contributed by atoms with Gasteiger partial charge in [-0.2, -0.15) is 79.0 Å². The van der Waals surface area contributed by atoms with Gasteiger partial charge in [0.2, 0.25) is 0 Å². The molecule has 0 aromatic heterocycles. The Hall–Kier alpha value is -1.34. The van der Waals surface area contributed by atoms with E-state index >= 15 is 0 Å². The molecule has 32 heavy (non-hydrogen) atoms. The Morgan fingerprint density at radius 3 is 0.688 bits per heavy atom. The van der Waals surface area contributed by atoms with Crippen molar-refractivity contribution in [2.45, 2.75) is 62.1 Å². The molecular formula is C12H10F18O2. The van der Waals surface area contributed by atoms with Gasteiger partial charge in [-0.1, -0.05) is 0 Å². The van der Waals surface area contributed by atoms with Gasteiger partial charge in [-0.05, 0) is 13.8 Å². The third-order valence-corrected chi connectivity index (χ3v) is 2.88. The van der Waals surface area contributed by atoms with Crippen molar-refractivity contribution in [3.05, 3.63) is 0 Å². The smallest absolute Gasteiger partial charge is 0.316 e. The van der Waals surface area contributed by atoms with Crippen molar-refractivity contribution < 1.29 is 88.5 Å². The summed E-state index contributed by atoms with van der Waals surface area (Å²) in [7, 11) is 0. The molecule has 0 aromatic rings. The van der Waals surface area contributed by atoms with Gasteiger partial charge >= 0.3 is 48.3 Å². The molecule has 2 nitrogen and oxygen atoms in total. The van der Waals surface area contributed by atoms with E-state index in [9.17, 15) is 79.0 Å². The van der Waals surface area contributed by atoms with E-state index in [0.29, 0.717) is 0 Å². The molecule has 0 rings (SSSR count). The number of alkyl halides is 18. The zero-order chi connectivity index (χ0) is 26.8. The highest BCUT2D eigenvalue weighted by Crippen LogP contribution is 2.54. The third kappa shape index (κ3) is 5.96. The molecule has 0 atom stereocenters. The maximum absolute atomic E-state index is 12.3. The fourth-order valence-electron chi connectivity index (χ4n) is 1.27. The Kier molecular flexibility index (Phi) is 9.74. The maximum atomic E-state index is 12.3. The minimum absolute atomic E-state index is 0.732. The zero-order valence-electron chi connectivity index (χ0n) is 15.0. The first-order valence-corrected chi connectivity index (χ1v) is 7.30. The van der Waals surface area contributed by atoms with Gasteiger partial charge in [0.1, 0.15) is 0 Å². The highest BCUT2D eigenvalue weighted by molar-refractivity contribution is 4.97. The van der Waals surface area contributed by atoms with Gasteiger partial charge in [0.15, 0.2) is 0 Å². The van der Waals surface area contributed by atoms with Gasteiger partial charge in [-0.25, -0.2) is 0 Å². The van der Waals surface area contributed by atoms with Crippen LogP contribution in [0, 0.1) is 0 Å². The maximum Gasteiger partial charge on any atom is 0.460 e. The van der Waals surface area contributed by atoms with Crippen LogP contribution in [-0.2, 0) is 9.47 Å². The van der Waals surface area contributed by atoms with Gasteiger partial charge < -0.3 is 9.47 Å². The molecule has 0 amide bonds. The summed E-state index contributed by atoms with van der Waals surface area (Å²) in [5, 5.41) is 0. The first kappa shape index (κ1) is 32.8. The fraction of sp³-hybridized carbons (Fsp3) is 1.00. The molecule has 0 saturated carbocycles. The largest absolute Gasteiger partial charge is 0.460 e. The molecule has 0 aromatic carbocycles. The van der Waals surface area contributed by atoms with Crippen LogP contribution in [0.2, 0.25) is 0 Å². The van der Waals surface area contributed by atoms with Gasteiger partial charge in [-0.15, -0.1) is 0 Å². The molecular weight excluding hydrogens is 518 g/mol. The lowest BCUT2D eigenvalue weighted by Gasteiger charge is -2.32. The Morgan fingerprint density at radius 2 is 0.562 bits per heavy atom. The van der Waals surface area contributed by atoms with Crippen LogP contribution in [0.1, 0.15) is 13.8 Å².